The number of halogens is 2. The molecule has 8 rings (SSSR count). The number of hydrogen-bond acceptors (Lipinski definition) is 6. The first-order valence-electron chi connectivity index (χ1n) is 18.6. The largest absolute Gasteiger partial charge is 0.496 e. The highest BCUT2D eigenvalue weighted by Gasteiger charge is 2.29. The van der Waals surface area contributed by atoms with Crippen LogP contribution in [0.1, 0.15) is 81.6 Å². The van der Waals surface area contributed by atoms with Gasteiger partial charge in [-0.2, -0.15) is 0 Å². The lowest BCUT2D eigenvalue weighted by Crippen LogP contribution is -2.27. The minimum atomic E-state index is 0.985. The molecule has 52 heavy (non-hydrogen) atoms. The van der Waals surface area contributed by atoms with E-state index in [9.17, 15) is 0 Å². The topological polar surface area (TPSA) is 50.7 Å². The van der Waals surface area contributed by atoms with Crippen LogP contribution in [0.25, 0.3) is 11.1 Å². The summed E-state index contributed by atoms with van der Waals surface area (Å²) in [5.41, 5.74) is 18.5. The molecule has 2 fully saturated rings. The summed E-state index contributed by atoms with van der Waals surface area (Å²) in [5, 5.41) is 0. The summed E-state index contributed by atoms with van der Waals surface area (Å²) >= 11 is 7.21. The molecule has 0 spiro atoms. The van der Waals surface area contributed by atoms with Crippen LogP contribution in [-0.4, -0.2) is 74.3 Å². The van der Waals surface area contributed by atoms with E-state index in [1.54, 1.807) is 14.2 Å². The fourth-order valence-corrected chi connectivity index (χ4v) is 9.23. The fraction of sp³-hybridized carbons (Fsp3) is 0.409. The number of nitrogens with zero attached hydrogens (tertiary/aromatic N) is 4. The van der Waals surface area contributed by atoms with Gasteiger partial charge in [-0.1, -0.05) is 23.3 Å². The number of aryl methyl sites for hydroxylation is 6. The number of hydrogen-bond donors (Lipinski definition) is 0. The van der Waals surface area contributed by atoms with Gasteiger partial charge >= 0.3 is 0 Å². The summed E-state index contributed by atoms with van der Waals surface area (Å²) in [6.07, 6.45) is 12.3. The Morgan fingerprint density at radius 1 is 0.519 bits per heavy atom. The quantitative estimate of drug-likeness (QED) is 0.201. The van der Waals surface area contributed by atoms with Crippen LogP contribution in [0, 0.1) is 13.8 Å². The number of aromatic nitrogens is 2. The van der Waals surface area contributed by atoms with Gasteiger partial charge in [0.2, 0.25) is 0 Å². The van der Waals surface area contributed by atoms with E-state index in [4.69, 9.17) is 19.4 Å². The smallest absolute Gasteiger partial charge is 0.127 e. The molecule has 0 atom stereocenters. The van der Waals surface area contributed by atoms with E-state index >= 15 is 0 Å². The number of benzene rings is 2. The van der Waals surface area contributed by atoms with Crippen LogP contribution in [0.5, 0.6) is 11.5 Å². The van der Waals surface area contributed by atoms with Gasteiger partial charge in [0.25, 0.3) is 0 Å². The zero-order valence-electron chi connectivity index (χ0n) is 31.5. The minimum absolute atomic E-state index is 0.985. The van der Waals surface area contributed by atoms with E-state index < -0.39 is 0 Å². The Hall–Kier alpha value is -3.30. The van der Waals surface area contributed by atoms with Gasteiger partial charge in [0, 0.05) is 69.8 Å². The second kappa shape index (κ2) is 16.0. The molecule has 0 bridgehead atoms. The second-order valence-corrected chi connectivity index (χ2v) is 16.7. The van der Waals surface area contributed by atoms with E-state index in [0.29, 0.717) is 0 Å². The van der Waals surface area contributed by atoms with Crippen LogP contribution in [0.3, 0.4) is 0 Å². The third-order valence-electron chi connectivity index (χ3n) is 11.2. The van der Waals surface area contributed by atoms with Crippen LogP contribution in [-0.2, 0) is 25.7 Å². The maximum Gasteiger partial charge on any atom is 0.127 e. The van der Waals surface area contributed by atoms with Gasteiger partial charge < -0.3 is 19.3 Å². The monoisotopic (exact) mass is 824 g/mol. The molecule has 8 heteroatoms. The second-order valence-electron chi connectivity index (χ2n) is 14.9. The van der Waals surface area contributed by atoms with Crippen LogP contribution in [0.2, 0.25) is 0 Å². The Bertz CT molecular complexity index is 1900. The summed E-state index contributed by atoms with van der Waals surface area (Å²) in [6, 6.07) is 13.5. The molecular formula is C44H50Br2N4O2. The maximum absolute atomic E-state index is 5.85. The molecule has 4 aromatic rings. The van der Waals surface area contributed by atoms with E-state index in [1.807, 2.05) is 12.4 Å². The molecule has 4 heterocycles. The number of fused-ring (bicyclic) bond motifs is 4. The number of rotatable bonds is 2. The molecule has 0 radical (unpaired) electrons. The van der Waals surface area contributed by atoms with Gasteiger partial charge in [-0.25, -0.2) is 0 Å². The summed E-state index contributed by atoms with van der Waals surface area (Å²) in [4.78, 5) is 14.6. The van der Waals surface area contributed by atoms with Crippen molar-refractivity contribution in [3.8, 4) is 11.5 Å². The lowest BCUT2D eigenvalue weighted by atomic mass is 9.87. The van der Waals surface area contributed by atoms with Crippen molar-refractivity contribution in [2.45, 2.75) is 65.2 Å². The Morgan fingerprint density at radius 2 is 0.885 bits per heavy atom. The lowest BCUT2D eigenvalue weighted by molar-refractivity contribution is 0.313. The summed E-state index contributed by atoms with van der Waals surface area (Å²) in [7, 11) is 7.98. The minimum Gasteiger partial charge on any atom is -0.496 e. The number of likely N-dealkylation sites (tertiary alicyclic amines) is 2. The SMILES string of the molecule is COc1cc(C)cc2c1C(=C1CCN(C)CC1)c1ncc(Br)cc1CC2.COc1cc(C)cc2c1C(=C1CCN(C)CC1)c1ncc(Br)cc1CC2. The molecule has 0 unspecified atom stereocenters. The molecule has 2 aromatic heterocycles. The average Bonchev–Trinajstić information content (AvgIpc) is 3.39. The fourth-order valence-electron chi connectivity index (χ4n) is 8.47. The summed E-state index contributed by atoms with van der Waals surface area (Å²) in [6.45, 7) is 8.72. The summed E-state index contributed by atoms with van der Waals surface area (Å²) in [5.74, 6) is 1.97. The van der Waals surface area contributed by atoms with E-state index in [1.165, 1.54) is 66.8 Å². The van der Waals surface area contributed by atoms with Gasteiger partial charge in [0.05, 0.1) is 25.6 Å². The van der Waals surface area contributed by atoms with Crippen molar-refractivity contribution in [3.63, 3.8) is 0 Å². The first-order valence-corrected chi connectivity index (χ1v) is 20.2. The first-order chi connectivity index (χ1) is 25.1. The highest BCUT2D eigenvalue weighted by molar-refractivity contribution is 9.10. The molecule has 2 aromatic carbocycles. The Balaban J connectivity index is 0.000000162. The normalized spacial score (nSPS) is 17.5. The number of pyridine rings is 2. The molecule has 6 nitrogen and oxygen atoms in total. The molecule has 2 aliphatic carbocycles. The van der Waals surface area contributed by atoms with E-state index in [2.05, 4.69) is 106 Å². The predicted octanol–water partition coefficient (Wildman–Crippen LogP) is 9.57. The Kier molecular flexibility index (Phi) is 11.4. The zero-order chi connectivity index (χ0) is 36.5. The maximum atomic E-state index is 5.85. The van der Waals surface area contributed by atoms with Crippen LogP contribution in [0.4, 0.5) is 0 Å². The number of piperidine rings is 2. The van der Waals surface area contributed by atoms with Crippen LogP contribution < -0.4 is 9.47 Å². The number of methoxy groups -OCH3 is 2. The van der Waals surface area contributed by atoms with Crippen molar-refractivity contribution in [1.82, 2.24) is 19.8 Å². The van der Waals surface area contributed by atoms with Crippen molar-refractivity contribution in [3.05, 3.63) is 125 Å². The predicted molar refractivity (Wildman–Crippen MR) is 220 cm³/mol. The average molecular weight is 827 g/mol. The van der Waals surface area contributed by atoms with Crippen molar-refractivity contribution < 1.29 is 9.47 Å². The molecule has 0 N–H and O–H groups in total. The third-order valence-corrected chi connectivity index (χ3v) is 12.0. The molecule has 0 amide bonds. The molecule has 272 valence electrons. The highest BCUT2D eigenvalue weighted by Crippen LogP contribution is 2.44. The van der Waals surface area contributed by atoms with Gasteiger partial charge in [-0.15, -0.1) is 0 Å². The van der Waals surface area contributed by atoms with Crippen molar-refractivity contribution in [1.29, 1.82) is 0 Å². The first kappa shape index (κ1) is 37.0. The van der Waals surface area contributed by atoms with Gasteiger partial charge in [-0.05, 0) is 169 Å². The van der Waals surface area contributed by atoms with Crippen molar-refractivity contribution in [2.75, 3.05) is 54.5 Å². The van der Waals surface area contributed by atoms with Gasteiger partial charge in [0.15, 0.2) is 0 Å². The molecular weight excluding hydrogens is 776 g/mol. The third kappa shape index (κ3) is 7.68. The molecule has 4 aliphatic rings. The standard InChI is InChI=1S/2C22H25BrN2O/c2*1-14-10-16-4-5-17-12-18(23)13-24-22(17)21(20(16)19(11-14)26-3)15-6-8-25(2)9-7-15/h2*10-13H,4-9H2,1-3H3. The highest BCUT2D eigenvalue weighted by atomic mass is 79.9. The van der Waals surface area contributed by atoms with E-state index in [0.717, 1.165) is 109 Å². The number of ether oxygens (including phenoxy) is 2. The van der Waals surface area contributed by atoms with Crippen LogP contribution in [0.15, 0.2) is 68.9 Å². The van der Waals surface area contributed by atoms with Gasteiger partial charge in [0.1, 0.15) is 11.5 Å². The lowest BCUT2D eigenvalue weighted by Gasteiger charge is -2.27. The Morgan fingerprint density at radius 3 is 1.25 bits per heavy atom. The van der Waals surface area contributed by atoms with Crippen LogP contribution >= 0.6 is 31.9 Å². The summed E-state index contributed by atoms with van der Waals surface area (Å²) < 4.78 is 13.8. The molecule has 0 saturated carbocycles. The van der Waals surface area contributed by atoms with Crippen molar-refractivity contribution in [2.24, 2.45) is 0 Å². The van der Waals surface area contributed by atoms with Crippen molar-refractivity contribution >= 4 is 43.0 Å². The Labute approximate surface area is 326 Å². The van der Waals surface area contributed by atoms with E-state index in [-0.39, 0.29) is 0 Å². The molecule has 2 saturated heterocycles. The zero-order valence-corrected chi connectivity index (χ0v) is 34.6. The van der Waals surface area contributed by atoms with Gasteiger partial charge in [-0.3, -0.25) is 9.97 Å². The molecule has 2 aliphatic heterocycles.